The molecule has 0 spiro atoms. The van der Waals surface area contributed by atoms with Crippen molar-refractivity contribution in [1.82, 2.24) is 0 Å². The lowest BCUT2D eigenvalue weighted by atomic mass is 10.0. The number of hydrogen-bond acceptors (Lipinski definition) is 1. The third-order valence-corrected chi connectivity index (χ3v) is 4.54. The summed E-state index contributed by atoms with van der Waals surface area (Å²) in [7, 11) is 0. The average molecular weight is 137 g/mol. The van der Waals surface area contributed by atoms with Gasteiger partial charge in [-0.3, -0.25) is 0 Å². The molecule has 4 bridgehead atoms. The van der Waals surface area contributed by atoms with Gasteiger partial charge in [0.25, 0.3) is 0 Å². The molecular formula is C9H15N. The van der Waals surface area contributed by atoms with Gasteiger partial charge in [0.05, 0.1) is 0 Å². The van der Waals surface area contributed by atoms with Crippen LogP contribution in [-0.2, 0) is 0 Å². The van der Waals surface area contributed by atoms with Crippen LogP contribution in [0.1, 0.15) is 26.2 Å². The summed E-state index contributed by atoms with van der Waals surface area (Å²) in [6.45, 7) is 2.34. The smallest absolute Gasteiger partial charge is 0.0104 e. The van der Waals surface area contributed by atoms with E-state index in [4.69, 9.17) is 5.73 Å². The van der Waals surface area contributed by atoms with Gasteiger partial charge in [0.2, 0.25) is 0 Å². The first-order valence-corrected chi connectivity index (χ1v) is 4.55. The van der Waals surface area contributed by atoms with Crippen LogP contribution in [0.2, 0.25) is 0 Å². The molecule has 4 fully saturated rings. The zero-order valence-corrected chi connectivity index (χ0v) is 6.51. The second-order valence-corrected chi connectivity index (χ2v) is 4.50. The van der Waals surface area contributed by atoms with Crippen molar-refractivity contribution in [2.24, 2.45) is 28.9 Å². The van der Waals surface area contributed by atoms with Crippen molar-refractivity contribution in [1.29, 1.82) is 0 Å². The molecule has 0 radical (unpaired) electrons. The van der Waals surface area contributed by atoms with Gasteiger partial charge in [-0.05, 0) is 42.4 Å². The van der Waals surface area contributed by atoms with Crippen molar-refractivity contribution in [3.05, 3.63) is 0 Å². The molecule has 0 aliphatic heterocycles. The van der Waals surface area contributed by atoms with Crippen LogP contribution in [-0.4, -0.2) is 6.04 Å². The highest BCUT2D eigenvalue weighted by Crippen LogP contribution is 2.79. The first-order valence-electron chi connectivity index (χ1n) is 4.55. The minimum atomic E-state index is 0.602. The third kappa shape index (κ3) is 0.334. The Kier molecular flexibility index (Phi) is 0.722. The van der Waals surface area contributed by atoms with E-state index in [0.717, 1.165) is 23.2 Å². The van der Waals surface area contributed by atoms with Crippen molar-refractivity contribution in [3.8, 4) is 0 Å². The molecule has 1 nitrogen and oxygen atoms in total. The summed E-state index contributed by atoms with van der Waals surface area (Å²) < 4.78 is 0. The predicted molar refractivity (Wildman–Crippen MR) is 40.4 cm³/mol. The van der Waals surface area contributed by atoms with Gasteiger partial charge in [-0.15, -0.1) is 0 Å². The van der Waals surface area contributed by atoms with Crippen molar-refractivity contribution < 1.29 is 0 Å². The van der Waals surface area contributed by atoms with Gasteiger partial charge in [0.15, 0.2) is 0 Å². The molecule has 2 N–H and O–H groups in total. The first-order chi connectivity index (χ1) is 4.79. The Morgan fingerprint density at radius 2 is 2.40 bits per heavy atom. The van der Waals surface area contributed by atoms with E-state index in [0.29, 0.717) is 6.04 Å². The summed E-state index contributed by atoms with van der Waals surface area (Å²) in [6, 6.07) is 0.602. The molecule has 0 aromatic carbocycles. The fourth-order valence-electron chi connectivity index (χ4n) is 4.06. The second kappa shape index (κ2) is 1.29. The molecule has 4 aliphatic rings. The van der Waals surface area contributed by atoms with Crippen molar-refractivity contribution in [2.45, 2.75) is 32.2 Å². The Morgan fingerprint density at radius 3 is 2.60 bits per heavy atom. The van der Waals surface area contributed by atoms with E-state index in [1.807, 2.05) is 0 Å². The normalized spacial score (nSPS) is 69.0. The van der Waals surface area contributed by atoms with Crippen LogP contribution >= 0.6 is 0 Å². The van der Waals surface area contributed by atoms with Gasteiger partial charge in [-0.25, -0.2) is 0 Å². The Hall–Kier alpha value is -0.0400. The SMILES string of the molecule is CC[C@]12C[C@H]3C[C@@H]1[C@@H]2[C@@H]3N. The lowest BCUT2D eigenvalue weighted by molar-refractivity contribution is 0.463. The van der Waals surface area contributed by atoms with E-state index in [1.165, 1.54) is 19.3 Å². The van der Waals surface area contributed by atoms with Gasteiger partial charge >= 0.3 is 0 Å². The van der Waals surface area contributed by atoms with Crippen LogP contribution in [0.25, 0.3) is 0 Å². The topological polar surface area (TPSA) is 26.0 Å². The van der Waals surface area contributed by atoms with Crippen LogP contribution in [0, 0.1) is 23.2 Å². The van der Waals surface area contributed by atoms with Gasteiger partial charge in [-0.1, -0.05) is 6.92 Å². The van der Waals surface area contributed by atoms with E-state index < -0.39 is 0 Å². The molecule has 4 rings (SSSR count). The second-order valence-electron chi connectivity index (χ2n) is 4.50. The highest BCUT2D eigenvalue weighted by atomic mass is 14.9. The van der Waals surface area contributed by atoms with Gasteiger partial charge in [-0.2, -0.15) is 0 Å². The molecule has 10 heavy (non-hydrogen) atoms. The molecular weight excluding hydrogens is 122 g/mol. The van der Waals surface area contributed by atoms with Crippen molar-refractivity contribution in [2.75, 3.05) is 0 Å². The van der Waals surface area contributed by atoms with Crippen LogP contribution in [0.3, 0.4) is 0 Å². The Balaban J connectivity index is 2.01. The van der Waals surface area contributed by atoms with Crippen LogP contribution in [0.5, 0.6) is 0 Å². The fourth-order valence-corrected chi connectivity index (χ4v) is 4.06. The molecule has 0 aromatic heterocycles. The molecule has 1 heteroatoms. The summed E-state index contributed by atoms with van der Waals surface area (Å²) in [5.41, 5.74) is 6.85. The summed E-state index contributed by atoms with van der Waals surface area (Å²) in [5, 5.41) is 0. The number of nitrogens with two attached hydrogens (primary N) is 1. The van der Waals surface area contributed by atoms with E-state index in [1.54, 1.807) is 0 Å². The monoisotopic (exact) mass is 137 g/mol. The average Bonchev–Trinajstić information content (AvgIpc) is 2.36. The number of rotatable bonds is 1. The first kappa shape index (κ1) is 5.59. The van der Waals surface area contributed by atoms with Crippen LogP contribution < -0.4 is 5.73 Å². The zero-order chi connectivity index (χ0) is 6.93. The molecule has 0 amide bonds. The summed E-state index contributed by atoms with van der Waals surface area (Å²) in [4.78, 5) is 0. The number of hydrogen-bond donors (Lipinski definition) is 1. The highest BCUT2D eigenvalue weighted by Gasteiger charge is 2.76. The molecule has 0 aromatic rings. The Labute approximate surface area is 62.0 Å². The molecule has 0 heterocycles. The standard InChI is InChI=1S/C9H15N/c1-2-9-4-5-3-6(9)7(9)8(5)10/h5-8H,2-4,10H2,1H3/t5-,6-,7-,8-,9+/m1/s1. The molecule has 0 saturated heterocycles. The lowest BCUT2D eigenvalue weighted by Gasteiger charge is -2.04. The van der Waals surface area contributed by atoms with Crippen LogP contribution in [0.15, 0.2) is 0 Å². The highest BCUT2D eigenvalue weighted by molar-refractivity contribution is 5.26. The van der Waals surface area contributed by atoms with Gasteiger partial charge in [0, 0.05) is 6.04 Å². The van der Waals surface area contributed by atoms with E-state index in [-0.39, 0.29) is 0 Å². The van der Waals surface area contributed by atoms with Crippen molar-refractivity contribution in [3.63, 3.8) is 0 Å². The third-order valence-electron chi connectivity index (χ3n) is 4.54. The predicted octanol–water partition coefficient (Wildman–Crippen LogP) is 1.38. The maximum atomic E-state index is 6.07. The zero-order valence-electron chi connectivity index (χ0n) is 6.51. The maximum Gasteiger partial charge on any atom is 0.0104 e. The van der Waals surface area contributed by atoms with Gasteiger partial charge in [0.1, 0.15) is 0 Å². The molecule has 0 unspecified atom stereocenters. The van der Waals surface area contributed by atoms with Gasteiger partial charge < -0.3 is 5.73 Å². The maximum absolute atomic E-state index is 6.07. The summed E-state index contributed by atoms with van der Waals surface area (Å²) >= 11 is 0. The Morgan fingerprint density at radius 1 is 1.60 bits per heavy atom. The largest absolute Gasteiger partial charge is 0.327 e. The quantitative estimate of drug-likeness (QED) is 0.580. The lowest BCUT2D eigenvalue weighted by Crippen LogP contribution is -2.23. The fraction of sp³-hybridized carbons (Fsp3) is 1.00. The molecule has 4 aliphatic carbocycles. The van der Waals surface area contributed by atoms with E-state index in [9.17, 15) is 0 Å². The summed E-state index contributed by atoms with van der Waals surface area (Å²) in [6.07, 6.45) is 4.34. The van der Waals surface area contributed by atoms with Crippen molar-refractivity contribution >= 4 is 0 Å². The van der Waals surface area contributed by atoms with E-state index in [2.05, 4.69) is 6.92 Å². The summed E-state index contributed by atoms with van der Waals surface area (Å²) in [5.74, 6) is 2.95. The molecule has 56 valence electrons. The van der Waals surface area contributed by atoms with E-state index >= 15 is 0 Å². The Bertz CT molecular complexity index is 189. The minimum Gasteiger partial charge on any atom is -0.327 e. The van der Waals surface area contributed by atoms with Crippen LogP contribution in [0.4, 0.5) is 0 Å². The molecule has 4 saturated carbocycles. The molecule has 5 atom stereocenters. The minimum absolute atomic E-state index is 0.602.